The van der Waals surface area contributed by atoms with Gasteiger partial charge < -0.3 is 26.0 Å². The highest BCUT2D eigenvalue weighted by Gasteiger charge is 2.34. The van der Waals surface area contributed by atoms with Crippen molar-refractivity contribution in [1.29, 1.82) is 0 Å². The number of urea groups is 1. The molecule has 0 fully saturated rings. The molecule has 2 aromatic carbocycles. The molecule has 4 amide bonds. The number of hydrogen-bond acceptors (Lipinski definition) is 6. The van der Waals surface area contributed by atoms with Crippen molar-refractivity contribution in [2.45, 2.75) is 6.18 Å². The number of pyridine rings is 2. The Balaban J connectivity index is 1.41. The van der Waals surface area contributed by atoms with Crippen LogP contribution >= 0.6 is 0 Å². The van der Waals surface area contributed by atoms with Gasteiger partial charge in [0.25, 0.3) is 11.8 Å². The van der Waals surface area contributed by atoms with Gasteiger partial charge in [0.05, 0.1) is 16.8 Å². The third-order valence-corrected chi connectivity index (χ3v) is 5.37. The van der Waals surface area contributed by atoms with Crippen LogP contribution in [0.1, 0.15) is 26.4 Å². The SMILES string of the molecule is CNC(=O)c1cc(Oc2ccc(NC(=O)Nc3ccc(NC(=O)c4cccnc4F)c(C(F)(F)F)c3)cc2)ccn1. The molecule has 0 aliphatic heterocycles. The number of nitrogens with one attached hydrogen (secondary N) is 4. The summed E-state index contributed by atoms with van der Waals surface area (Å²) in [6.07, 6.45) is -2.41. The third kappa shape index (κ3) is 7.32. The van der Waals surface area contributed by atoms with Crippen molar-refractivity contribution in [3.63, 3.8) is 0 Å². The van der Waals surface area contributed by atoms with Crippen molar-refractivity contribution >= 4 is 34.9 Å². The molecule has 0 saturated heterocycles. The number of hydrogen-bond donors (Lipinski definition) is 4. The molecular formula is C27H20F4N6O4. The minimum absolute atomic E-state index is 0.159. The van der Waals surface area contributed by atoms with Crippen molar-refractivity contribution in [2.24, 2.45) is 0 Å². The van der Waals surface area contributed by atoms with Gasteiger partial charge in [-0.3, -0.25) is 14.6 Å². The second-order valence-electron chi connectivity index (χ2n) is 8.22. The number of amides is 4. The lowest BCUT2D eigenvalue weighted by Gasteiger charge is -2.16. The van der Waals surface area contributed by atoms with Crippen LogP contribution in [0.2, 0.25) is 0 Å². The first-order valence-electron chi connectivity index (χ1n) is 11.7. The van der Waals surface area contributed by atoms with Crippen LogP contribution in [0.5, 0.6) is 11.5 Å². The van der Waals surface area contributed by atoms with E-state index >= 15 is 0 Å². The van der Waals surface area contributed by atoms with Gasteiger partial charge in [0.15, 0.2) is 0 Å². The number of aromatic nitrogens is 2. The summed E-state index contributed by atoms with van der Waals surface area (Å²) in [5.74, 6) is -1.92. The molecule has 14 heteroatoms. The van der Waals surface area contributed by atoms with E-state index in [0.717, 1.165) is 24.4 Å². The zero-order valence-electron chi connectivity index (χ0n) is 21.0. The van der Waals surface area contributed by atoms with Crippen molar-refractivity contribution in [2.75, 3.05) is 23.0 Å². The number of halogens is 4. The van der Waals surface area contributed by atoms with E-state index in [4.69, 9.17) is 4.74 Å². The van der Waals surface area contributed by atoms with Gasteiger partial charge >= 0.3 is 12.2 Å². The Morgan fingerprint density at radius 2 is 1.49 bits per heavy atom. The first kappa shape index (κ1) is 28.5. The first-order valence-corrected chi connectivity index (χ1v) is 11.7. The molecule has 0 bridgehead atoms. The van der Waals surface area contributed by atoms with E-state index in [1.165, 1.54) is 49.6 Å². The molecule has 4 rings (SSSR count). The fourth-order valence-corrected chi connectivity index (χ4v) is 3.47. The summed E-state index contributed by atoms with van der Waals surface area (Å²) in [5, 5.41) is 9.25. The van der Waals surface area contributed by atoms with Gasteiger partial charge in [-0.25, -0.2) is 9.78 Å². The summed E-state index contributed by atoms with van der Waals surface area (Å²) in [7, 11) is 1.47. The second kappa shape index (κ2) is 12.1. The Morgan fingerprint density at radius 3 is 2.17 bits per heavy atom. The predicted molar refractivity (Wildman–Crippen MR) is 140 cm³/mol. The summed E-state index contributed by atoms with van der Waals surface area (Å²) >= 11 is 0. The normalized spacial score (nSPS) is 10.9. The molecule has 210 valence electrons. The van der Waals surface area contributed by atoms with E-state index in [9.17, 15) is 31.9 Å². The summed E-state index contributed by atoms with van der Waals surface area (Å²) in [6.45, 7) is 0. The maximum absolute atomic E-state index is 13.8. The van der Waals surface area contributed by atoms with Crippen LogP contribution in [0.3, 0.4) is 0 Å². The average molecular weight is 568 g/mol. The molecule has 0 unspecified atom stereocenters. The highest BCUT2D eigenvalue weighted by Crippen LogP contribution is 2.37. The number of carbonyl (C=O) groups is 3. The molecule has 0 spiro atoms. The number of alkyl halides is 3. The molecule has 0 radical (unpaired) electrons. The molecule has 0 aliphatic carbocycles. The van der Waals surface area contributed by atoms with Crippen LogP contribution in [0.4, 0.5) is 39.4 Å². The number of nitrogens with zero attached hydrogens (tertiary/aromatic N) is 2. The predicted octanol–water partition coefficient (Wildman–Crippen LogP) is 5.68. The molecule has 4 aromatic rings. The van der Waals surface area contributed by atoms with Crippen molar-refractivity contribution in [1.82, 2.24) is 15.3 Å². The van der Waals surface area contributed by atoms with Gasteiger partial charge in [-0.2, -0.15) is 17.6 Å². The van der Waals surface area contributed by atoms with Gasteiger partial charge in [-0.1, -0.05) is 0 Å². The van der Waals surface area contributed by atoms with Crippen LogP contribution in [-0.2, 0) is 6.18 Å². The molecule has 4 N–H and O–H groups in total. The smallest absolute Gasteiger partial charge is 0.418 e. The zero-order valence-corrected chi connectivity index (χ0v) is 21.0. The first-order chi connectivity index (χ1) is 19.5. The summed E-state index contributed by atoms with van der Waals surface area (Å²) < 4.78 is 60.6. The number of ether oxygens (including phenoxy) is 1. The largest absolute Gasteiger partial charge is 0.457 e. The summed E-state index contributed by atoms with van der Waals surface area (Å²) in [5.41, 5.74) is -2.19. The Kier molecular flexibility index (Phi) is 8.41. The highest BCUT2D eigenvalue weighted by atomic mass is 19.4. The fourth-order valence-electron chi connectivity index (χ4n) is 3.47. The number of carbonyl (C=O) groups excluding carboxylic acids is 3. The van der Waals surface area contributed by atoms with Crippen LogP contribution in [0.25, 0.3) is 0 Å². The van der Waals surface area contributed by atoms with Crippen LogP contribution in [-0.4, -0.2) is 34.9 Å². The molecule has 0 saturated carbocycles. The van der Waals surface area contributed by atoms with E-state index in [0.29, 0.717) is 23.3 Å². The van der Waals surface area contributed by atoms with E-state index in [1.54, 1.807) is 6.07 Å². The van der Waals surface area contributed by atoms with E-state index in [1.807, 2.05) is 5.32 Å². The molecule has 41 heavy (non-hydrogen) atoms. The quantitative estimate of drug-likeness (QED) is 0.167. The lowest BCUT2D eigenvalue weighted by Crippen LogP contribution is -2.21. The monoisotopic (exact) mass is 568 g/mol. The minimum Gasteiger partial charge on any atom is -0.457 e. The number of benzene rings is 2. The zero-order chi connectivity index (χ0) is 29.6. The van der Waals surface area contributed by atoms with Gasteiger partial charge in [0.1, 0.15) is 17.2 Å². The van der Waals surface area contributed by atoms with Gasteiger partial charge in [0.2, 0.25) is 5.95 Å². The third-order valence-electron chi connectivity index (χ3n) is 5.37. The lowest BCUT2D eigenvalue weighted by molar-refractivity contribution is -0.136. The van der Waals surface area contributed by atoms with E-state index in [-0.39, 0.29) is 17.3 Å². The Labute approximate surface area is 229 Å². The number of anilines is 3. The highest BCUT2D eigenvalue weighted by molar-refractivity contribution is 6.05. The second-order valence-corrected chi connectivity index (χ2v) is 8.22. The van der Waals surface area contributed by atoms with Gasteiger partial charge in [-0.15, -0.1) is 0 Å². The van der Waals surface area contributed by atoms with Crippen LogP contribution in [0.15, 0.2) is 79.1 Å². The Morgan fingerprint density at radius 1 is 0.780 bits per heavy atom. The maximum Gasteiger partial charge on any atom is 0.418 e. The molecule has 0 atom stereocenters. The van der Waals surface area contributed by atoms with Crippen molar-refractivity contribution in [3.8, 4) is 11.5 Å². The summed E-state index contributed by atoms with van der Waals surface area (Å²) in [6, 6.07) is 13.2. The Hall–Kier alpha value is -5.53. The summed E-state index contributed by atoms with van der Waals surface area (Å²) in [4.78, 5) is 43.7. The Bertz CT molecular complexity index is 1600. The molecule has 2 aromatic heterocycles. The average Bonchev–Trinajstić information content (AvgIpc) is 2.94. The maximum atomic E-state index is 13.8. The van der Waals surface area contributed by atoms with Crippen molar-refractivity contribution in [3.05, 3.63) is 102 Å². The van der Waals surface area contributed by atoms with Crippen molar-refractivity contribution < 1.29 is 36.7 Å². The topological polar surface area (TPSA) is 134 Å². The van der Waals surface area contributed by atoms with Gasteiger partial charge in [0, 0.05) is 36.9 Å². The standard InChI is InChI=1S/C27H20F4N6O4/c1-32-25(39)22-14-18(10-12-33-22)41-17-7-4-15(5-8-17)35-26(40)36-16-6-9-21(20(13-16)27(29,30)31)37-24(38)19-3-2-11-34-23(19)28/h2-14H,1H3,(H,32,39)(H,37,38)(H2,35,36,40). The molecule has 0 aliphatic rings. The number of rotatable bonds is 7. The molecule has 2 heterocycles. The fraction of sp³-hybridized carbons (Fsp3) is 0.0741. The van der Waals surface area contributed by atoms with Gasteiger partial charge in [-0.05, 0) is 60.7 Å². The van der Waals surface area contributed by atoms with E-state index < -0.39 is 40.9 Å². The van der Waals surface area contributed by atoms with Crippen LogP contribution in [0, 0.1) is 5.95 Å². The molecular weight excluding hydrogens is 548 g/mol. The van der Waals surface area contributed by atoms with E-state index in [2.05, 4.69) is 25.9 Å². The van der Waals surface area contributed by atoms with Crippen LogP contribution < -0.4 is 26.0 Å². The minimum atomic E-state index is -4.91. The lowest BCUT2D eigenvalue weighted by atomic mass is 10.1. The molecule has 10 nitrogen and oxygen atoms in total.